The third-order valence-corrected chi connectivity index (χ3v) is 6.96. The van der Waals surface area contributed by atoms with Crippen molar-refractivity contribution in [2.75, 3.05) is 13.1 Å². The maximum absolute atomic E-state index is 12.8. The minimum Gasteiger partial charge on any atom is -0.387 e. The topological polar surface area (TPSA) is 66.4 Å². The van der Waals surface area contributed by atoms with Crippen molar-refractivity contribution in [2.24, 2.45) is 0 Å². The number of alkyl halides is 3. The Kier molecular flexibility index (Phi) is 7.48. The highest BCUT2D eigenvalue weighted by Gasteiger charge is 2.30. The van der Waals surface area contributed by atoms with Crippen LogP contribution in [0.25, 0.3) is 0 Å². The number of hydrogen-bond donors (Lipinski definition) is 2. The second-order valence-electron chi connectivity index (χ2n) is 7.36. The van der Waals surface area contributed by atoms with Crippen LogP contribution in [-0.2, 0) is 16.0 Å². The van der Waals surface area contributed by atoms with Gasteiger partial charge in [0.2, 0.25) is 0 Å². The smallest absolute Gasteiger partial charge is 0.387 e. The molecule has 0 bridgehead atoms. The number of sulfone groups is 1. The first-order chi connectivity index (χ1) is 13.4. The fraction of sp³-hybridized carbons (Fsp3) is 0.429. The second-order valence-corrected chi connectivity index (χ2v) is 9.87. The van der Waals surface area contributed by atoms with Gasteiger partial charge in [-0.15, -0.1) is 0 Å². The van der Waals surface area contributed by atoms with Gasteiger partial charge in [0, 0.05) is 13.1 Å². The zero-order chi connectivity index (χ0) is 21.8. The van der Waals surface area contributed by atoms with Gasteiger partial charge in [-0.25, -0.2) is 8.42 Å². The molecule has 2 rings (SSSR count). The lowest BCUT2D eigenvalue weighted by Crippen LogP contribution is -2.25. The first-order valence-corrected chi connectivity index (χ1v) is 10.9. The van der Waals surface area contributed by atoms with E-state index in [4.69, 9.17) is 0 Å². The van der Waals surface area contributed by atoms with Crippen LogP contribution in [0.2, 0.25) is 0 Å². The maximum Gasteiger partial charge on any atom is 0.416 e. The van der Waals surface area contributed by atoms with E-state index in [-0.39, 0.29) is 22.9 Å². The minimum atomic E-state index is -4.45. The summed E-state index contributed by atoms with van der Waals surface area (Å²) in [5.74, 6) is 0.0273. The third kappa shape index (κ3) is 6.04. The van der Waals surface area contributed by atoms with Gasteiger partial charge in [-0.1, -0.05) is 31.2 Å². The monoisotopic (exact) mass is 429 g/mol. The summed E-state index contributed by atoms with van der Waals surface area (Å²) < 4.78 is 62.7. The summed E-state index contributed by atoms with van der Waals surface area (Å²) in [6, 6.07) is 11.3. The van der Waals surface area contributed by atoms with E-state index in [2.05, 4.69) is 5.32 Å². The Labute approximate surface area is 169 Å². The molecule has 8 heteroatoms. The molecule has 2 unspecified atom stereocenters. The van der Waals surface area contributed by atoms with Crippen LogP contribution in [0.5, 0.6) is 0 Å². The average Bonchev–Trinajstić information content (AvgIpc) is 2.67. The molecule has 0 aliphatic heterocycles. The van der Waals surface area contributed by atoms with Crippen LogP contribution in [0.3, 0.4) is 0 Å². The second kappa shape index (κ2) is 9.28. The predicted molar refractivity (Wildman–Crippen MR) is 106 cm³/mol. The summed E-state index contributed by atoms with van der Waals surface area (Å²) in [7, 11) is -3.32. The summed E-state index contributed by atoms with van der Waals surface area (Å²) in [6.45, 7) is 5.78. The molecular formula is C21H26F3NO3S. The first kappa shape index (κ1) is 23.4. The molecule has 0 fully saturated rings. The molecule has 4 nitrogen and oxygen atoms in total. The van der Waals surface area contributed by atoms with E-state index in [1.165, 1.54) is 12.1 Å². The summed E-state index contributed by atoms with van der Waals surface area (Å²) in [5.41, 5.74) is 0.329. The molecule has 0 heterocycles. The molecular weight excluding hydrogens is 403 g/mol. The lowest BCUT2D eigenvalue weighted by Gasteiger charge is -2.17. The van der Waals surface area contributed by atoms with E-state index in [9.17, 15) is 26.7 Å². The lowest BCUT2D eigenvalue weighted by atomic mass is 10.0. The van der Waals surface area contributed by atoms with Gasteiger partial charge in [0.15, 0.2) is 9.84 Å². The van der Waals surface area contributed by atoms with Gasteiger partial charge < -0.3 is 10.4 Å². The Balaban J connectivity index is 1.94. The van der Waals surface area contributed by atoms with Gasteiger partial charge in [-0.2, -0.15) is 13.2 Å². The van der Waals surface area contributed by atoms with Crippen LogP contribution in [-0.4, -0.2) is 31.9 Å². The number of halogens is 3. The van der Waals surface area contributed by atoms with Crippen molar-refractivity contribution in [3.8, 4) is 0 Å². The van der Waals surface area contributed by atoms with E-state index in [1.54, 1.807) is 38.1 Å². The Bertz CT molecular complexity index is 910. The standard InChI is InChI=1S/C21H26F3NO3S/c1-14(2)29(27,28)19-9-7-16(8-10-19)15(3)12-25-13-20(26)17-5-4-6-18(11-17)21(22,23)24/h4-11,14-15,20,25-26H,12-13H2,1-3H3. The Morgan fingerprint density at radius 3 is 2.14 bits per heavy atom. The van der Waals surface area contributed by atoms with E-state index in [0.29, 0.717) is 6.54 Å². The molecule has 0 amide bonds. The number of aliphatic hydroxyl groups excluding tert-OH is 1. The molecule has 0 saturated carbocycles. The largest absolute Gasteiger partial charge is 0.416 e. The van der Waals surface area contributed by atoms with Crippen molar-refractivity contribution < 1.29 is 26.7 Å². The number of benzene rings is 2. The fourth-order valence-electron chi connectivity index (χ4n) is 2.85. The van der Waals surface area contributed by atoms with E-state index < -0.39 is 32.9 Å². The Morgan fingerprint density at radius 2 is 1.59 bits per heavy atom. The Hall–Kier alpha value is -1.90. The summed E-state index contributed by atoms with van der Waals surface area (Å²) in [4.78, 5) is 0.274. The Morgan fingerprint density at radius 1 is 0.966 bits per heavy atom. The zero-order valence-corrected chi connectivity index (χ0v) is 17.4. The molecule has 0 radical (unpaired) electrons. The molecule has 0 aliphatic carbocycles. The van der Waals surface area contributed by atoms with Gasteiger partial charge in [0.1, 0.15) is 0 Å². The van der Waals surface area contributed by atoms with E-state index >= 15 is 0 Å². The maximum atomic E-state index is 12.8. The molecule has 2 atom stereocenters. The number of aliphatic hydroxyl groups is 1. The van der Waals surface area contributed by atoms with Crippen LogP contribution < -0.4 is 5.32 Å². The molecule has 0 aliphatic rings. The van der Waals surface area contributed by atoms with E-state index in [0.717, 1.165) is 17.7 Å². The van der Waals surface area contributed by atoms with Gasteiger partial charge in [-0.3, -0.25) is 0 Å². The van der Waals surface area contributed by atoms with Crippen LogP contribution in [0.15, 0.2) is 53.4 Å². The number of hydrogen-bond acceptors (Lipinski definition) is 4. The molecule has 2 aromatic rings. The van der Waals surface area contributed by atoms with Gasteiger partial charge in [0.05, 0.1) is 21.8 Å². The van der Waals surface area contributed by atoms with Gasteiger partial charge >= 0.3 is 6.18 Å². The number of nitrogens with one attached hydrogen (secondary N) is 1. The van der Waals surface area contributed by atoms with Crippen molar-refractivity contribution in [1.29, 1.82) is 0 Å². The highest BCUT2D eigenvalue weighted by molar-refractivity contribution is 7.92. The van der Waals surface area contributed by atoms with Crippen molar-refractivity contribution in [3.05, 3.63) is 65.2 Å². The summed E-state index contributed by atoms with van der Waals surface area (Å²) in [6.07, 6.45) is -5.52. The quantitative estimate of drug-likeness (QED) is 0.656. The highest BCUT2D eigenvalue weighted by atomic mass is 32.2. The highest BCUT2D eigenvalue weighted by Crippen LogP contribution is 2.30. The molecule has 0 saturated heterocycles. The van der Waals surface area contributed by atoms with Crippen molar-refractivity contribution in [3.63, 3.8) is 0 Å². The molecule has 2 N–H and O–H groups in total. The van der Waals surface area contributed by atoms with Crippen molar-refractivity contribution in [1.82, 2.24) is 5.32 Å². The average molecular weight is 430 g/mol. The van der Waals surface area contributed by atoms with Crippen molar-refractivity contribution in [2.45, 2.75) is 49.1 Å². The normalized spacial score (nSPS) is 14.8. The van der Waals surface area contributed by atoms with Crippen LogP contribution >= 0.6 is 0 Å². The minimum absolute atomic E-state index is 0.0273. The van der Waals surface area contributed by atoms with Crippen LogP contribution in [0, 0.1) is 0 Å². The molecule has 160 valence electrons. The van der Waals surface area contributed by atoms with E-state index in [1.807, 2.05) is 6.92 Å². The molecule has 0 aromatic heterocycles. The lowest BCUT2D eigenvalue weighted by molar-refractivity contribution is -0.137. The number of rotatable bonds is 8. The summed E-state index contributed by atoms with van der Waals surface area (Å²) in [5, 5.41) is 12.7. The van der Waals surface area contributed by atoms with Crippen LogP contribution in [0.4, 0.5) is 13.2 Å². The van der Waals surface area contributed by atoms with Crippen LogP contribution in [0.1, 0.15) is 49.5 Å². The fourth-order valence-corrected chi connectivity index (χ4v) is 3.91. The zero-order valence-electron chi connectivity index (χ0n) is 16.6. The molecule has 2 aromatic carbocycles. The predicted octanol–water partition coefficient (Wildman–Crippen LogP) is 4.31. The van der Waals surface area contributed by atoms with Gasteiger partial charge in [0.25, 0.3) is 0 Å². The summed E-state index contributed by atoms with van der Waals surface area (Å²) >= 11 is 0. The van der Waals surface area contributed by atoms with Gasteiger partial charge in [-0.05, 0) is 55.2 Å². The SMILES string of the molecule is CC(CNCC(O)c1cccc(C(F)(F)F)c1)c1ccc(S(=O)(=O)C(C)C)cc1. The molecule has 29 heavy (non-hydrogen) atoms. The first-order valence-electron chi connectivity index (χ1n) is 9.32. The van der Waals surface area contributed by atoms with Crippen molar-refractivity contribution >= 4 is 9.84 Å². The molecule has 0 spiro atoms. The third-order valence-electron chi connectivity index (χ3n) is 4.79.